The number of carboxylic acid groups (broad SMARTS) is 2. The van der Waals surface area contributed by atoms with Gasteiger partial charge in [0.05, 0.1) is 10.8 Å². The minimum Gasteiger partial charge on any atom is -0.481 e. The van der Waals surface area contributed by atoms with Crippen LogP contribution >= 0.6 is 0 Å². The molecule has 5 fully saturated rings. The Morgan fingerprint density at radius 2 is 1.58 bits per heavy atom. The summed E-state index contributed by atoms with van der Waals surface area (Å²) in [6.07, 6.45) is 4.54. The minimum absolute atomic E-state index is 0.00515. The normalized spacial score (nSPS) is 49.3. The summed E-state index contributed by atoms with van der Waals surface area (Å²) in [5.41, 5.74) is -3.11. The molecule has 5 saturated carbocycles. The van der Waals surface area contributed by atoms with Gasteiger partial charge in [0, 0.05) is 24.2 Å². The number of hydrogen-bond donors (Lipinski definition) is 2. The van der Waals surface area contributed by atoms with E-state index in [0.717, 1.165) is 18.4 Å². The molecule has 5 aliphatic rings. The van der Waals surface area contributed by atoms with E-state index in [0.29, 0.717) is 38.5 Å². The van der Waals surface area contributed by atoms with E-state index >= 15 is 0 Å². The van der Waals surface area contributed by atoms with Crippen LogP contribution in [0.1, 0.15) is 92.4 Å². The third-order valence-electron chi connectivity index (χ3n) is 12.7. The maximum atomic E-state index is 14.0. The third-order valence-corrected chi connectivity index (χ3v) is 12.7. The molecule has 0 unspecified atom stereocenters. The highest BCUT2D eigenvalue weighted by molar-refractivity contribution is 5.95. The Morgan fingerprint density at radius 3 is 2.17 bits per heavy atom. The smallest absolute Gasteiger partial charge is 0.310 e. The molecule has 0 amide bonds. The van der Waals surface area contributed by atoms with Crippen molar-refractivity contribution in [3.05, 3.63) is 12.2 Å². The number of carbonyl (C=O) groups excluding carboxylic acids is 2. The van der Waals surface area contributed by atoms with Crippen molar-refractivity contribution in [2.45, 2.75) is 92.4 Å². The summed E-state index contributed by atoms with van der Waals surface area (Å²) < 4.78 is 0. The Morgan fingerprint density at radius 1 is 0.917 bits per heavy atom. The fourth-order valence-electron chi connectivity index (χ4n) is 11.3. The van der Waals surface area contributed by atoms with Crippen molar-refractivity contribution >= 4 is 23.5 Å². The van der Waals surface area contributed by atoms with Gasteiger partial charge >= 0.3 is 11.9 Å². The predicted octanol–water partition coefficient (Wildman–Crippen LogP) is 5.54. The number of ketones is 2. The quantitative estimate of drug-likeness (QED) is 0.495. The molecule has 6 nitrogen and oxygen atoms in total. The highest BCUT2D eigenvalue weighted by Crippen LogP contribution is 2.77. The van der Waals surface area contributed by atoms with Crippen molar-refractivity contribution in [1.29, 1.82) is 0 Å². The predicted molar refractivity (Wildman–Crippen MR) is 134 cm³/mol. The van der Waals surface area contributed by atoms with E-state index in [1.54, 1.807) is 0 Å². The fraction of sp³-hybridized carbons (Fsp3) is 0.800. The monoisotopic (exact) mass is 498 g/mol. The highest BCUT2D eigenvalue weighted by atomic mass is 16.4. The Labute approximate surface area is 214 Å². The van der Waals surface area contributed by atoms with Crippen LogP contribution in [-0.2, 0) is 19.2 Å². The van der Waals surface area contributed by atoms with Gasteiger partial charge in [-0.25, -0.2) is 0 Å². The Kier molecular flexibility index (Phi) is 5.37. The zero-order chi connectivity index (χ0) is 26.6. The van der Waals surface area contributed by atoms with Crippen LogP contribution in [0, 0.1) is 56.7 Å². The average molecular weight is 499 g/mol. The van der Waals surface area contributed by atoms with E-state index in [4.69, 9.17) is 0 Å². The SMILES string of the molecule is C=C(C)[C@@H]1CC[C@]2(C(=O)O)CC[C@]3(C(=O)O)[C@H](CC[C@@H]4[C@@]5(C)CCC(=O)C(C)(C)[C@@H]5C(=O)C[C@]43C)[C@@H]12. The summed E-state index contributed by atoms with van der Waals surface area (Å²) in [5, 5.41) is 21.5. The minimum atomic E-state index is -1.16. The summed E-state index contributed by atoms with van der Waals surface area (Å²) in [6, 6.07) is 0. The molecule has 198 valence electrons. The lowest BCUT2D eigenvalue weighted by Gasteiger charge is -2.70. The number of allylic oxidation sites excluding steroid dienone is 1. The lowest BCUT2D eigenvalue weighted by atomic mass is 9.31. The summed E-state index contributed by atoms with van der Waals surface area (Å²) in [5.74, 6) is -2.53. The Bertz CT molecular complexity index is 1070. The third kappa shape index (κ3) is 2.74. The molecule has 0 spiro atoms. The molecule has 5 rings (SSSR count). The second-order valence-corrected chi connectivity index (χ2v) is 14.1. The van der Waals surface area contributed by atoms with Gasteiger partial charge in [-0.1, -0.05) is 39.8 Å². The number of fused-ring (bicyclic) bond motifs is 7. The van der Waals surface area contributed by atoms with Crippen LogP contribution < -0.4 is 0 Å². The highest BCUT2D eigenvalue weighted by Gasteiger charge is 2.77. The van der Waals surface area contributed by atoms with Crippen LogP contribution in [0.2, 0.25) is 0 Å². The maximum Gasteiger partial charge on any atom is 0.310 e. The topological polar surface area (TPSA) is 109 Å². The first-order chi connectivity index (χ1) is 16.6. The summed E-state index contributed by atoms with van der Waals surface area (Å²) in [7, 11) is 0. The molecule has 0 aromatic carbocycles. The second kappa shape index (κ2) is 7.54. The summed E-state index contributed by atoms with van der Waals surface area (Å²) in [4.78, 5) is 53.2. The van der Waals surface area contributed by atoms with Crippen molar-refractivity contribution in [2.75, 3.05) is 0 Å². The van der Waals surface area contributed by atoms with Crippen LogP contribution in [0.15, 0.2) is 12.2 Å². The van der Waals surface area contributed by atoms with Gasteiger partial charge in [0.2, 0.25) is 0 Å². The van der Waals surface area contributed by atoms with Crippen LogP contribution in [0.25, 0.3) is 0 Å². The van der Waals surface area contributed by atoms with Crippen molar-refractivity contribution in [3.8, 4) is 0 Å². The van der Waals surface area contributed by atoms with Gasteiger partial charge in [0.1, 0.15) is 11.6 Å². The summed E-state index contributed by atoms with van der Waals surface area (Å²) >= 11 is 0. The number of carbonyl (C=O) groups is 4. The molecular formula is C30H42O6. The van der Waals surface area contributed by atoms with E-state index < -0.39 is 44.9 Å². The molecule has 0 heterocycles. The van der Waals surface area contributed by atoms with Gasteiger partial charge < -0.3 is 10.2 Å². The van der Waals surface area contributed by atoms with Gasteiger partial charge in [0.25, 0.3) is 0 Å². The van der Waals surface area contributed by atoms with Crippen molar-refractivity contribution in [2.24, 2.45) is 56.7 Å². The molecule has 0 aromatic rings. The van der Waals surface area contributed by atoms with Gasteiger partial charge in [-0.3, -0.25) is 19.2 Å². The first-order valence-corrected chi connectivity index (χ1v) is 13.8. The molecular weight excluding hydrogens is 456 g/mol. The van der Waals surface area contributed by atoms with Gasteiger partial charge in [0.15, 0.2) is 0 Å². The lowest BCUT2D eigenvalue weighted by molar-refractivity contribution is -0.239. The van der Waals surface area contributed by atoms with E-state index in [2.05, 4.69) is 13.5 Å². The number of aliphatic carboxylic acids is 2. The zero-order valence-electron chi connectivity index (χ0n) is 22.5. The summed E-state index contributed by atoms with van der Waals surface area (Å²) in [6.45, 7) is 14.1. The standard InChI is InChI=1S/C30H42O6/c1-16(2)17-9-12-29(24(33)34)13-14-30(25(35)36)18(22(17)29)7-8-20-27(5)11-10-21(32)26(3,4)23(27)19(31)15-28(20,30)6/h17-18,20,22-23H,1,7-15H2,2-6H3,(H,33,34)(H,35,36)/t17-,18+,20+,22+,23-,27+,28+,29-,30+/m0/s1. The van der Waals surface area contributed by atoms with Crippen LogP contribution in [-0.4, -0.2) is 33.7 Å². The largest absolute Gasteiger partial charge is 0.481 e. The number of hydrogen-bond acceptors (Lipinski definition) is 4. The molecule has 0 aromatic heterocycles. The zero-order valence-corrected chi connectivity index (χ0v) is 22.5. The molecule has 0 radical (unpaired) electrons. The van der Waals surface area contributed by atoms with Gasteiger partial charge in [-0.2, -0.15) is 0 Å². The van der Waals surface area contributed by atoms with E-state index in [1.165, 1.54) is 0 Å². The maximum absolute atomic E-state index is 14.0. The van der Waals surface area contributed by atoms with Gasteiger partial charge in [-0.05, 0) is 86.4 Å². The van der Waals surface area contributed by atoms with Crippen LogP contribution in [0.5, 0.6) is 0 Å². The first kappa shape index (κ1) is 25.7. The Balaban J connectivity index is 1.68. The lowest BCUT2D eigenvalue weighted by Crippen LogP contribution is -2.71. The number of carboxylic acids is 2. The fourth-order valence-corrected chi connectivity index (χ4v) is 11.3. The van der Waals surface area contributed by atoms with Crippen LogP contribution in [0.3, 0.4) is 0 Å². The van der Waals surface area contributed by atoms with Crippen molar-refractivity contribution in [3.63, 3.8) is 0 Å². The second-order valence-electron chi connectivity index (χ2n) is 14.1. The first-order valence-electron chi connectivity index (χ1n) is 13.8. The van der Waals surface area contributed by atoms with E-state index in [-0.39, 0.29) is 41.7 Å². The molecule has 36 heavy (non-hydrogen) atoms. The number of Topliss-reactive ketones (excluding diaryl/α,β-unsaturated/α-hetero) is 2. The average Bonchev–Trinajstić information content (AvgIpc) is 3.17. The van der Waals surface area contributed by atoms with Crippen molar-refractivity contribution in [1.82, 2.24) is 0 Å². The molecule has 2 N–H and O–H groups in total. The number of rotatable bonds is 3. The molecule has 0 bridgehead atoms. The van der Waals surface area contributed by atoms with Crippen LogP contribution in [0.4, 0.5) is 0 Å². The van der Waals surface area contributed by atoms with E-state index in [9.17, 15) is 29.4 Å². The molecule has 6 heteroatoms. The molecule has 0 aliphatic heterocycles. The molecule has 0 saturated heterocycles. The molecule has 5 aliphatic carbocycles. The van der Waals surface area contributed by atoms with Crippen molar-refractivity contribution < 1.29 is 29.4 Å². The van der Waals surface area contributed by atoms with E-state index in [1.807, 2.05) is 27.7 Å². The molecule has 9 atom stereocenters. The Hall–Kier alpha value is -1.98. The van der Waals surface area contributed by atoms with Gasteiger partial charge in [-0.15, -0.1) is 0 Å².